The lowest BCUT2D eigenvalue weighted by atomic mass is 9.95. The van der Waals surface area contributed by atoms with Gasteiger partial charge in [-0.3, -0.25) is 4.79 Å². The average molecular weight is 263 g/mol. The van der Waals surface area contributed by atoms with E-state index in [4.69, 9.17) is 28.3 Å². The Morgan fingerprint density at radius 2 is 2.12 bits per heavy atom. The number of rotatable bonds is 2. The molecule has 1 N–H and O–H groups in total. The van der Waals surface area contributed by atoms with E-state index in [-0.39, 0.29) is 5.02 Å². The van der Waals surface area contributed by atoms with Gasteiger partial charge in [-0.15, -0.1) is 0 Å². The maximum atomic E-state index is 13.3. The number of hydrogen-bond acceptors (Lipinski definition) is 1. The monoisotopic (exact) mass is 262 g/mol. The van der Waals surface area contributed by atoms with Crippen molar-refractivity contribution in [1.82, 2.24) is 0 Å². The highest BCUT2D eigenvalue weighted by Gasteiger charge is 2.56. The topological polar surface area (TPSA) is 37.3 Å². The molecule has 2 unspecified atom stereocenters. The van der Waals surface area contributed by atoms with Gasteiger partial charge in [0.2, 0.25) is 0 Å². The molecule has 1 aliphatic carbocycles. The van der Waals surface area contributed by atoms with Crippen molar-refractivity contribution >= 4 is 29.2 Å². The van der Waals surface area contributed by atoms with E-state index in [2.05, 4.69) is 0 Å². The second-order valence-electron chi connectivity index (χ2n) is 4.26. The minimum absolute atomic E-state index is 0.0510. The second-order valence-corrected chi connectivity index (χ2v) is 5.07. The van der Waals surface area contributed by atoms with Gasteiger partial charge in [0, 0.05) is 10.4 Å². The van der Waals surface area contributed by atoms with Crippen LogP contribution in [0.15, 0.2) is 12.1 Å². The number of carboxylic acid groups (broad SMARTS) is 1. The molecule has 0 bridgehead atoms. The van der Waals surface area contributed by atoms with Crippen LogP contribution in [0.3, 0.4) is 0 Å². The SMILES string of the molecule is CC1(c2cc(F)c(Cl)cc2Cl)CC1C(=O)O. The van der Waals surface area contributed by atoms with Crippen LogP contribution < -0.4 is 0 Å². The molecule has 1 fully saturated rings. The van der Waals surface area contributed by atoms with Crippen molar-refractivity contribution in [2.45, 2.75) is 18.8 Å². The van der Waals surface area contributed by atoms with E-state index in [0.717, 1.165) is 0 Å². The van der Waals surface area contributed by atoms with Gasteiger partial charge >= 0.3 is 5.97 Å². The third kappa shape index (κ3) is 1.68. The summed E-state index contributed by atoms with van der Waals surface area (Å²) < 4.78 is 13.3. The summed E-state index contributed by atoms with van der Waals surface area (Å²) in [7, 11) is 0. The molecule has 2 nitrogen and oxygen atoms in total. The van der Waals surface area contributed by atoms with Crippen molar-refractivity contribution in [1.29, 1.82) is 0 Å². The molecule has 1 aromatic rings. The molecule has 0 aromatic heterocycles. The highest BCUT2D eigenvalue weighted by Crippen LogP contribution is 2.56. The van der Waals surface area contributed by atoms with E-state index < -0.39 is 23.1 Å². The normalized spacial score (nSPS) is 27.9. The number of benzene rings is 1. The van der Waals surface area contributed by atoms with Crippen LogP contribution in [-0.2, 0) is 10.2 Å². The summed E-state index contributed by atoms with van der Waals surface area (Å²) >= 11 is 11.5. The molecule has 0 radical (unpaired) electrons. The van der Waals surface area contributed by atoms with Crippen LogP contribution in [0.1, 0.15) is 18.9 Å². The fourth-order valence-electron chi connectivity index (χ4n) is 1.98. The Hall–Kier alpha value is -0.800. The van der Waals surface area contributed by atoms with Crippen molar-refractivity contribution in [3.63, 3.8) is 0 Å². The Morgan fingerprint density at radius 3 is 2.62 bits per heavy atom. The van der Waals surface area contributed by atoms with Crippen molar-refractivity contribution in [2.24, 2.45) is 5.92 Å². The molecule has 2 atom stereocenters. The summed E-state index contributed by atoms with van der Waals surface area (Å²) in [6, 6.07) is 2.55. The Kier molecular flexibility index (Phi) is 2.63. The highest BCUT2D eigenvalue weighted by molar-refractivity contribution is 6.35. The van der Waals surface area contributed by atoms with E-state index in [9.17, 15) is 9.18 Å². The average Bonchev–Trinajstić information content (AvgIpc) is 2.86. The summed E-state index contributed by atoms with van der Waals surface area (Å²) in [5.74, 6) is -1.95. The van der Waals surface area contributed by atoms with Gasteiger partial charge in [-0.2, -0.15) is 0 Å². The van der Waals surface area contributed by atoms with Crippen molar-refractivity contribution in [3.05, 3.63) is 33.6 Å². The number of halogens is 3. The zero-order chi connectivity index (χ0) is 12.1. The van der Waals surface area contributed by atoms with Crippen LogP contribution in [-0.4, -0.2) is 11.1 Å². The Bertz CT molecular complexity index is 475. The van der Waals surface area contributed by atoms with Gasteiger partial charge in [-0.25, -0.2) is 4.39 Å². The number of hydrogen-bond donors (Lipinski definition) is 1. The first-order valence-corrected chi connectivity index (χ1v) is 5.49. The summed E-state index contributed by atoms with van der Waals surface area (Å²) in [5, 5.41) is 9.17. The molecule has 0 spiro atoms. The lowest BCUT2D eigenvalue weighted by Crippen LogP contribution is -2.12. The molecular weight excluding hydrogens is 254 g/mol. The molecule has 1 aromatic carbocycles. The van der Waals surface area contributed by atoms with Crippen LogP contribution in [0.25, 0.3) is 0 Å². The van der Waals surface area contributed by atoms with Crippen LogP contribution in [0.5, 0.6) is 0 Å². The molecule has 16 heavy (non-hydrogen) atoms. The van der Waals surface area contributed by atoms with E-state index in [1.54, 1.807) is 6.92 Å². The first-order chi connectivity index (χ1) is 7.36. The molecule has 2 rings (SSSR count). The first-order valence-electron chi connectivity index (χ1n) is 4.74. The summed E-state index contributed by atoms with van der Waals surface area (Å²) in [6.45, 7) is 1.76. The van der Waals surface area contributed by atoms with E-state index in [1.807, 2.05) is 0 Å². The molecule has 86 valence electrons. The van der Waals surface area contributed by atoms with Crippen molar-refractivity contribution in [2.75, 3.05) is 0 Å². The maximum absolute atomic E-state index is 13.3. The van der Waals surface area contributed by atoms with Gasteiger partial charge in [-0.05, 0) is 24.1 Å². The molecule has 5 heteroatoms. The second kappa shape index (κ2) is 3.60. The van der Waals surface area contributed by atoms with E-state index in [0.29, 0.717) is 17.0 Å². The number of carboxylic acids is 1. The Labute approximate surface area is 102 Å². The van der Waals surface area contributed by atoms with Crippen LogP contribution in [0.2, 0.25) is 10.0 Å². The Morgan fingerprint density at radius 1 is 1.50 bits per heavy atom. The number of carbonyl (C=O) groups is 1. The zero-order valence-electron chi connectivity index (χ0n) is 8.43. The van der Waals surface area contributed by atoms with Gasteiger partial charge < -0.3 is 5.11 Å². The van der Waals surface area contributed by atoms with Gasteiger partial charge in [0.05, 0.1) is 10.9 Å². The molecule has 0 saturated heterocycles. The molecule has 0 aliphatic heterocycles. The van der Waals surface area contributed by atoms with Crippen molar-refractivity contribution < 1.29 is 14.3 Å². The third-order valence-electron chi connectivity index (χ3n) is 3.16. The number of aliphatic carboxylic acids is 1. The quantitative estimate of drug-likeness (QED) is 0.829. The lowest BCUT2D eigenvalue weighted by Gasteiger charge is -2.13. The molecule has 0 amide bonds. The molecule has 1 aliphatic rings. The molecule has 1 saturated carbocycles. The first kappa shape index (κ1) is 11.7. The Balaban J connectivity index is 2.43. The highest BCUT2D eigenvalue weighted by atomic mass is 35.5. The fourth-order valence-corrected chi connectivity index (χ4v) is 2.58. The van der Waals surface area contributed by atoms with Gasteiger partial charge in [0.25, 0.3) is 0 Å². The van der Waals surface area contributed by atoms with Crippen LogP contribution >= 0.6 is 23.2 Å². The minimum atomic E-state index is -0.881. The van der Waals surface area contributed by atoms with Gasteiger partial charge in [-0.1, -0.05) is 30.1 Å². The lowest BCUT2D eigenvalue weighted by molar-refractivity contribution is -0.138. The predicted octanol–water partition coefficient (Wildman–Crippen LogP) is 3.49. The van der Waals surface area contributed by atoms with E-state index in [1.165, 1.54) is 12.1 Å². The van der Waals surface area contributed by atoms with Crippen LogP contribution in [0.4, 0.5) is 4.39 Å². The maximum Gasteiger partial charge on any atom is 0.307 e. The predicted molar refractivity (Wildman–Crippen MR) is 59.5 cm³/mol. The standard InChI is InChI=1S/C11H9Cl2FO2/c1-11(4-6(11)10(15)16)5-2-9(14)8(13)3-7(5)12/h2-3,6H,4H2,1H3,(H,15,16). The third-order valence-corrected chi connectivity index (χ3v) is 3.76. The van der Waals surface area contributed by atoms with E-state index >= 15 is 0 Å². The van der Waals surface area contributed by atoms with Gasteiger partial charge in [0.15, 0.2) is 0 Å². The fraction of sp³-hybridized carbons (Fsp3) is 0.364. The van der Waals surface area contributed by atoms with Crippen LogP contribution in [0, 0.1) is 11.7 Å². The minimum Gasteiger partial charge on any atom is -0.481 e. The summed E-state index contributed by atoms with van der Waals surface area (Å²) in [5.41, 5.74) is -0.0580. The molecule has 0 heterocycles. The zero-order valence-corrected chi connectivity index (χ0v) is 9.94. The smallest absolute Gasteiger partial charge is 0.307 e. The molecular formula is C11H9Cl2FO2. The van der Waals surface area contributed by atoms with Crippen molar-refractivity contribution in [3.8, 4) is 0 Å². The van der Waals surface area contributed by atoms with Gasteiger partial charge in [0.1, 0.15) is 5.82 Å². The summed E-state index contributed by atoms with van der Waals surface area (Å²) in [4.78, 5) is 10.9. The summed E-state index contributed by atoms with van der Waals surface area (Å²) in [6.07, 6.45) is 0.475. The largest absolute Gasteiger partial charge is 0.481 e.